The molecule has 0 aliphatic rings. The lowest BCUT2D eigenvalue weighted by atomic mass is 10.0. The molecule has 2 aromatic rings. The Morgan fingerprint density at radius 3 is 2.76 bits per heavy atom. The molecule has 0 fully saturated rings. The third kappa shape index (κ3) is 1.69. The Labute approximate surface area is 95.7 Å². The van der Waals surface area contributed by atoms with Crippen LogP contribution in [-0.4, -0.2) is 21.0 Å². The van der Waals surface area contributed by atoms with E-state index in [9.17, 15) is 14.9 Å². The normalized spacial score (nSPS) is 10.4. The molecule has 86 valence electrons. The van der Waals surface area contributed by atoms with Crippen molar-refractivity contribution in [3.8, 4) is 0 Å². The number of nitrogens with zero attached hydrogens (tertiary/aromatic N) is 2. The van der Waals surface area contributed by atoms with Crippen LogP contribution < -0.4 is 0 Å². The Morgan fingerprint density at radius 1 is 1.47 bits per heavy atom. The van der Waals surface area contributed by atoms with Gasteiger partial charge >= 0.3 is 5.97 Å². The molecule has 0 unspecified atom stereocenters. The molecule has 1 N–H and O–H groups in total. The lowest BCUT2D eigenvalue weighted by Crippen LogP contribution is -2.03. The first-order valence-electron chi connectivity index (χ1n) is 4.78. The fourth-order valence-corrected chi connectivity index (χ4v) is 1.77. The summed E-state index contributed by atoms with van der Waals surface area (Å²) in [5, 5.41) is 20.5. The van der Waals surface area contributed by atoms with Crippen molar-refractivity contribution in [3.05, 3.63) is 45.8 Å². The molecule has 17 heavy (non-hydrogen) atoms. The van der Waals surface area contributed by atoms with Crippen molar-refractivity contribution in [1.29, 1.82) is 0 Å². The summed E-state index contributed by atoms with van der Waals surface area (Å²) in [4.78, 5) is 25.1. The molecule has 1 heterocycles. The lowest BCUT2D eigenvalue weighted by Gasteiger charge is -2.05. The SMILES string of the molecule is Cc1cnc(C(=O)O)c2cccc([N+](=O)[O-])c12. The van der Waals surface area contributed by atoms with E-state index in [-0.39, 0.29) is 16.8 Å². The topological polar surface area (TPSA) is 93.3 Å². The molecule has 2 rings (SSSR count). The molecule has 0 atom stereocenters. The molecule has 6 heteroatoms. The van der Waals surface area contributed by atoms with Crippen molar-refractivity contribution in [2.45, 2.75) is 6.92 Å². The van der Waals surface area contributed by atoms with E-state index in [1.807, 2.05) is 0 Å². The van der Waals surface area contributed by atoms with Crippen molar-refractivity contribution < 1.29 is 14.8 Å². The summed E-state index contributed by atoms with van der Waals surface area (Å²) in [6.45, 7) is 1.66. The quantitative estimate of drug-likeness (QED) is 0.632. The van der Waals surface area contributed by atoms with E-state index in [0.29, 0.717) is 10.9 Å². The van der Waals surface area contributed by atoms with Crippen LogP contribution in [0.1, 0.15) is 16.1 Å². The third-order valence-electron chi connectivity index (χ3n) is 2.48. The molecule has 6 nitrogen and oxygen atoms in total. The van der Waals surface area contributed by atoms with Gasteiger partial charge in [-0.2, -0.15) is 0 Å². The van der Waals surface area contributed by atoms with Gasteiger partial charge in [-0.25, -0.2) is 9.78 Å². The number of pyridine rings is 1. The molecule has 0 aliphatic heterocycles. The van der Waals surface area contributed by atoms with E-state index in [1.165, 1.54) is 24.4 Å². The number of benzene rings is 1. The largest absolute Gasteiger partial charge is 0.476 e. The molecule has 0 saturated heterocycles. The average Bonchev–Trinajstić information content (AvgIpc) is 2.28. The number of fused-ring (bicyclic) bond motifs is 1. The molecule has 1 aromatic heterocycles. The summed E-state index contributed by atoms with van der Waals surface area (Å²) < 4.78 is 0. The number of aryl methyl sites for hydroxylation is 1. The molecule has 0 bridgehead atoms. The molecular formula is C11H8N2O4. The van der Waals surface area contributed by atoms with Gasteiger partial charge < -0.3 is 5.11 Å². The zero-order chi connectivity index (χ0) is 12.6. The molecule has 1 aromatic carbocycles. The highest BCUT2D eigenvalue weighted by Crippen LogP contribution is 2.29. The van der Waals surface area contributed by atoms with Gasteiger partial charge in [0.25, 0.3) is 5.69 Å². The maximum atomic E-state index is 11.0. The third-order valence-corrected chi connectivity index (χ3v) is 2.48. The Bertz CT molecular complexity index is 637. The Morgan fingerprint density at radius 2 is 2.18 bits per heavy atom. The monoisotopic (exact) mass is 232 g/mol. The maximum absolute atomic E-state index is 11.0. The van der Waals surface area contributed by atoms with Gasteiger partial charge in [-0.1, -0.05) is 12.1 Å². The lowest BCUT2D eigenvalue weighted by molar-refractivity contribution is -0.383. The van der Waals surface area contributed by atoms with Crippen LogP contribution >= 0.6 is 0 Å². The second kappa shape index (κ2) is 3.82. The van der Waals surface area contributed by atoms with Gasteiger partial charge in [-0.15, -0.1) is 0 Å². The summed E-state index contributed by atoms with van der Waals surface area (Å²) in [5.41, 5.74) is 0.302. The first-order valence-corrected chi connectivity index (χ1v) is 4.78. The smallest absolute Gasteiger partial charge is 0.355 e. The zero-order valence-electron chi connectivity index (χ0n) is 8.88. The van der Waals surface area contributed by atoms with Crippen molar-refractivity contribution >= 4 is 22.4 Å². The minimum atomic E-state index is -1.20. The van der Waals surface area contributed by atoms with Crippen LogP contribution in [0.15, 0.2) is 24.4 Å². The number of carbonyl (C=O) groups is 1. The Hall–Kier alpha value is -2.50. The van der Waals surface area contributed by atoms with Crippen LogP contribution in [0.3, 0.4) is 0 Å². The molecule has 0 saturated carbocycles. The molecule has 0 aliphatic carbocycles. The van der Waals surface area contributed by atoms with E-state index < -0.39 is 10.9 Å². The van der Waals surface area contributed by atoms with Crippen molar-refractivity contribution in [2.75, 3.05) is 0 Å². The van der Waals surface area contributed by atoms with E-state index >= 15 is 0 Å². The van der Waals surface area contributed by atoms with E-state index in [0.717, 1.165) is 0 Å². The van der Waals surface area contributed by atoms with Crippen molar-refractivity contribution in [1.82, 2.24) is 4.98 Å². The van der Waals surface area contributed by atoms with Gasteiger partial charge in [0.2, 0.25) is 0 Å². The van der Waals surface area contributed by atoms with Gasteiger partial charge in [-0.3, -0.25) is 10.1 Å². The van der Waals surface area contributed by atoms with E-state index in [2.05, 4.69) is 4.98 Å². The maximum Gasteiger partial charge on any atom is 0.355 e. The number of hydrogen-bond donors (Lipinski definition) is 1. The summed E-state index contributed by atoms with van der Waals surface area (Å²) in [5.74, 6) is -1.20. The second-order valence-corrected chi connectivity index (χ2v) is 3.55. The minimum Gasteiger partial charge on any atom is -0.476 e. The van der Waals surface area contributed by atoms with Crippen LogP contribution in [0.2, 0.25) is 0 Å². The summed E-state index contributed by atoms with van der Waals surface area (Å²) in [6, 6.07) is 4.32. The number of aromatic nitrogens is 1. The van der Waals surface area contributed by atoms with Gasteiger partial charge in [0.1, 0.15) is 0 Å². The summed E-state index contributed by atoms with van der Waals surface area (Å²) in [6.07, 6.45) is 1.33. The van der Waals surface area contributed by atoms with Gasteiger partial charge in [0.05, 0.1) is 10.3 Å². The average molecular weight is 232 g/mol. The predicted octanol–water partition coefficient (Wildman–Crippen LogP) is 2.15. The first kappa shape index (κ1) is 11.0. The highest BCUT2D eigenvalue weighted by atomic mass is 16.6. The van der Waals surface area contributed by atoms with Crippen LogP contribution in [0, 0.1) is 17.0 Å². The van der Waals surface area contributed by atoms with Crippen LogP contribution in [-0.2, 0) is 0 Å². The molecule has 0 amide bonds. The van der Waals surface area contributed by atoms with Gasteiger partial charge in [0.15, 0.2) is 5.69 Å². The number of aromatic carboxylic acids is 1. The highest BCUT2D eigenvalue weighted by molar-refractivity contribution is 6.05. The molecular weight excluding hydrogens is 224 g/mol. The fraction of sp³-hybridized carbons (Fsp3) is 0.0909. The number of carboxylic acids is 1. The molecule has 0 spiro atoms. The van der Waals surface area contributed by atoms with Gasteiger partial charge in [-0.05, 0) is 12.5 Å². The Balaban J connectivity index is 2.95. The van der Waals surface area contributed by atoms with E-state index in [4.69, 9.17) is 5.11 Å². The number of nitro groups is 1. The summed E-state index contributed by atoms with van der Waals surface area (Å²) in [7, 11) is 0. The minimum absolute atomic E-state index is 0.107. The van der Waals surface area contributed by atoms with E-state index in [1.54, 1.807) is 6.92 Å². The number of hydrogen-bond acceptors (Lipinski definition) is 4. The standard InChI is InChI=1S/C11H8N2O4/c1-6-5-12-10(11(14)15)7-3-2-4-8(9(6)7)13(16)17/h2-5H,1H3,(H,14,15). The van der Waals surface area contributed by atoms with Crippen molar-refractivity contribution in [2.24, 2.45) is 0 Å². The number of non-ortho nitro benzene ring substituents is 1. The Kier molecular flexibility index (Phi) is 2.47. The van der Waals surface area contributed by atoms with Crippen molar-refractivity contribution in [3.63, 3.8) is 0 Å². The zero-order valence-corrected chi connectivity index (χ0v) is 8.88. The number of rotatable bonds is 2. The fourth-order valence-electron chi connectivity index (χ4n) is 1.77. The highest BCUT2D eigenvalue weighted by Gasteiger charge is 2.18. The first-order chi connectivity index (χ1) is 8.02. The molecule has 0 radical (unpaired) electrons. The number of carboxylic acid groups (broad SMARTS) is 1. The second-order valence-electron chi connectivity index (χ2n) is 3.55. The van der Waals surface area contributed by atoms with Gasteiger partial charge in [0, 0.05) is 17.6 Å². The van der Waals surface area contributed by atoms with Crippen LogP contribution in [0.4, 0.5) is 5.69 Å². The van der Waals surface area contributed by atoms with Crippen LogP contribution in [0.25, 0.3) is 10.8 Å². The summed E-state index contributed by atoms with van der Waals surface area (Å²) >= 11 is 0. The van der Waals surface area contributed by atoms with Crippen LogP contribution in [0.5, 0.6) is 0 Å². The number of nitro benzene ring substituents is 1. The predicted molar refractivity (Wildman–Crippen MR) is 60.1 cm³/mol.